The summed E-state index contributed by atoms with van der Waals surface area (Å²) in [6, 6.07) is 21.1. The molecule has 0 fully saturated rings. The molecule has 0 saturated carbocycles. The molecule has 3 aromatic rings. The summed E-state index contributed by atoms with van der Waals surface area (Å²) in [5.41, 5.74) is 1.95. The van der Waals surface area contributed by atoms with Crippen LogP contribution in [0.15, 0.2) is 72.8 Å². The summed E-state index contributed by atoms with van der Waals surface area (Å²) in [6.07, 6.45) is 0.0431. The minimum atomic E-state index is -0.994. The van der Waals surface area contributed by atoms with Crippen molar-refractivity contribution < 1.29 is 23.9 Å². The molecular weight excluding hydrogens is 392 g/mol. The van der Waals surface area contributed by atoms with Crippen LogP contribution in [0.5, 0.6) is 11.5 Å². The van der Waals surface area contributed by atoms with Gasteiger partial charge in [0.15, 0.2) is 28.8 Å². The SMILES string of the molecule is COc1ccc2c(c1OC)C(=O)[C@@H](C(=O)c1ccccc1)[C@H]2CC(=O)c1ccccc1. The van der Waals surface area contributed by atoms with Gasteiger partial charge in [-0.15, -0.1) is 0 Å². The van der Waals surface area contributed by atoms with E-state index in [0.717, 1.165) is 0 Å². The van der Waals surface area contributed by atoms with Gasteiger partial charge in [0.25, 0.3) is 0 Å². The number of methoxy groups -OCH3 is 2. The Balaban J connectivity index is 1.81. The predicted octanol–water partition coefficient (Wildman–Crippen LogP) is 4.76. The molecule has 1 aliphatic carbocycles. The molecular formula is C26H22O5. The lowest BCUT2D eigenvalue weighted by molar-refractivity contribution is 0.0793. The lowest BCUT2D eigenvalue weighted by Crippen LogP contribution is -2.26. The molecule has 0 aliphatic heterocycles. The van der Waals surface area contributed by atoms with Gasteiger partial charge in [-0.05, 0) is 11.6 Å². The molecule has 0 N–H and O–H groups in total. The van der Waals surface area contributed by atoms with E-state index in [0.29, 0.717) is 33.8 Å². The van der Waals surface area contributed by atoms with E-state index in [2.05, 4.69) is 0 Å². The Labute approximate surface area is 180 Å². The highest BCUT2D eigenvalue weighted by Crippen LogP contribution is 2.48. The Morgan fingerprint density at radius 2 is 1.42 bits per heavy atom. The quantitative estimate of drug-likeness (QED) is 0.412. The molecule has 0 aromatic heterocycles. The van der Waals surface area contributed by atoms with Crippen LogP contribution in [0.25, 0.3) is 0 Å². The third-order valence-electron chi connectivity index (χ3n) is 5.75. The van der Waals surface area contributed by atoms with Crippen molar-refractivity contribution in [3.63, 3.8) is 0 Å². The normalized spacial score (nSPS) is 17.2. The first-order valence-corrected chi connectivity index (χ1v) is 10.0. The predicted molar refractivity (Wildman–Crippen MR) is 116 cm³/mol. The average molecular weight is 414 g/mol. The number of ether oxygens (including phenoxy) is 2. The molecule has 0 unspecified atom stereocenters. The maximum atomic E-state index is 13.5. The zero-order valence-corrected chi connectivity index (χ0v) is 17.3. The molecule has 3 aromatic carbocycles. The van der Waals surface area contributed by atoms with Crippen molar-refractivity contribution in [2.24, 2.45) is 5.92 Å². The van der Waals surface area contributed by atoms with E-state index in [1.807, 2.05) is 12.1 Å². The van der Waals surface area contributed by atoms with Gasteiger partial charge in [0.1, 0.15) is 0 Å². The molecule has 0 spiro atoms. The van der Waals surface area contributed by atoms with Gasteiger partial charge in [0, 0.05) is 23.5 Å². The number of carbonyl (C=O) groups excluding carboxylic acids is 3. The highest BCUT2D eigenvalue weighted by Gasteiger charge is 2.47. The fraction of sp³-hybridized carbons (Fsp3) is 0.192. The zero-order valence-electron chi connectivity index (χ0n) is 17.3. The van der Waals surface area contributed by atoms with Gasteiger partial charge in [-0.25, -0.2) is 0 Å². The Morgan fingerprint density at radius 3 is 2.00 bits per heavy atom. The third-order valence-corrected chi connectivity index (χ3v) is 5.75. The summed E-state index contributed by atoms with van der Waals surface area (Å²) in [4.78, 5) is 39.9. The molecule has 4 rings (SSSR count). The van der Waals surface area contributed by atoms with Crippen LogP contribution in [0.2, 0.25) is 0 Å². The molecule has 5 heteroatoms. The maximum absolute atomic E-state index is 13.5. The number of hydrogen-bond donors (Lipinski definition) is 0. The monoisotopic (exact) mass is 414 g/mol. The number of carbonyl (C=O) groups is 3. The minimum absolute atomic E-state index is 0.0431. The van der Waals surface area contributed by atoms with Crippen LogP contribution in [0.4, 0.5) is 0 Å². The fourth-order valence-electron chi connectivity index (χ4n) is 4.28. The molecule has 31 heavy (non-hydrogen) atoms. The molecule has 0 bridgehead atoms. The number of Topliss-reactive ketones (excluding diaryl/α,β-unsaturated/α-hetero) is 3. The maximum Gasteiger partial charge on any atom is 0.178 e. The number of rotatable bonds is 7. The molecule has 0 amide bonds. The van der Waals surface area contributed by atoms with Gasteiger partial charge in [-0.2, -0.15) is 0 Å². The average Bonchev–Trinajstić information content (AvgIpc) is 3.10. The highest BCUT2D eigenvalue weighted by atomic mass is 16.5. The van der Waals surface area contributed by atoms with Gasteiger partial charge in [0.2, 0.25) is 0 Å². The summed E-state index contributed by atoms with van der Waals surface area (Å²) < 4.78 is 10.8. The van der Waals surface area contributed by atoms with Crippen LogP contribution in [0.1, 0.15) is 49.0 Å². The van der Waals surface area contributed by atoms with Crippen LogP contribution in [-0.2, 0) is 0 Å². The molecule has 2 atom stereocenters. The van der Waals surface area contributed by atoms with Crippen molar-refractivity contribution in [2.45, 2.75) is 12.3 Å². The van der Waals surface area contributed by atoms with Crippen LogP contribution < -0.4 is 9.47 Å². The summed E-state index contributed by atoms with van der Waals surface area (Å²) in [7, 11) is 2.95. The van der Waals surface area contributed by atoms with Crippen LogP contribution in [-0.4, -0.2) is 31.6 Å². The fourth-order valence-corrected chi connectivity index (χ4v) is 4.28. The Morgan fingerprint density at radius 1 is 0.806 bits per heavy atom. The Hall–Kier alpha value is -3.73. The van der Waals surface area contributed by atoms with E-state index < -0.39 is 11.8 Å². The van der Waals surface area contributed by atoms with E-state index in [1.165, 1.54) is 14.2 Å². The summed E-state index contributed by atoms with van der Waals surface area (Å²) >= 11 is 0. The van der Waals surface area contributed by atoms with Crippen molar-refractivity contribution in [3.05, 3.63) is 95.1 Å². The summed E-state index contributed by atoms with van der Waals surface area (Å²) in [5.74, 6) is -1.62. The molecule has 0 radical (unpaired) electrons. The number of benzene rings is 3. The molecule has 0 saturated heterocycles. The summed E-state index contributed by atoms with van der Waals surface area (Å²) in [6.45, 7) is 0. The van der Waals surface area contributed by atoms with Gasteiger partial charge in [-0.3, -0.25) is 14.4 Å². The van der Waals surface area contributed by atoms with E-state index in [1.54, 1.807) is 60.7 Å². The lowest BCUT2D eigenvalue weighted by Gasteiger charge is -2.18. The standard InChI is InChI=1S/C26H22O5/c1-30-21-14-13-18-19(15-20(27)16-9-5-3-6-10-16)22(25(29)23(18)26(21)31-2)24(28)17-11-7-4-8-12-17/h3-14,19,22H,15H2,1-2H3/t19-,22+/m0/s1. The van der Waals surface area contributed by atoms with Crippen LogP contribution in [0, 0.1) is 5.92 Å². The Kier molecular flexibility index (Phi) is 5.67. The molecule has 0 heterocycles. The van der Waals surface area contributed by atoms with Gasteiger partial charge < -0.3 is 9.47 Å². The van der Waals surface area contributed by atoms with Crippen molar-refractivity contribution in [1.29, 1.82) is 0 Å². The van der Waals surface area contributed by atoms with Gasteiger partial charge in [-0.1, -0.05) is 66.7 Å². The van der Waals surface area contributed by atoms with Crippen molar-refractivity contribution in [2.75, 3.05) is 14.2 Å². The van der Waals surface area contributed by atoms with Crippen molar-refractivity contribution in [3.8, 4) is 11.5 Å². The first-order chi connectivity index (χ1) is 15.1. The number of hydrogen-bond acceptors (Lipinski definition) is 5. The molecule has 5 nitrogen and oxygen atoms in total. The topological polar surface area (TPSA) is 69.7 Å². The van der Waals surface area contributed by atoms with Crippen LogP contribution >= 0.6 is 0 Å². The number of fused-ring (bicyclic) bond motifs is 1. The number of ketones is 3. The van der Waals surface area contributed by atoms with E-state index in [9.17, 15) is 14.4 Å². The second-order valence-corrected chi connectivity index (χ2v) is 7.44. The second kappa shape index (κ2) is 8.56. The second-order valence-electron chi connectivity index (χ2n) is 7.44. The van der Waals surface area contributed by atoms with Crippen LogP contribution in [0.3, 0.4) is 0 Å². The largest absolute Gasteiger partial charge is 0.493 e. The van der Waals surface area contributed by atoms with E-state index >= 15 is 0 Å². The van der Waals surface area contributed by atoms with Crippen molar-refractivity contribution >= 4 is 17.3 Å². The summed E-state index contributed by atoms with van der Waals surface area (Å²) in [5, 5.41) is 0. The molecule has 1 aliphatic rings. The minimum Gasteiger partial charge on any atom is -0.493 e. The highest BCUT2D eigenvalue weighted by molar-refractivity contribution is 6.21. The van der Waals surface area contributed by atoms with E-state index in [4.69, 9.17) is 9.47 Å². The van der Waals surface area contributed by atoms with E-state index in [-0.39, 0.29) is 23.8 Å². The lowest BCUT2D eigenvalue weighted by atomic mass is 9.82. The van der Waals surface area contributed by atoms with Gasteiger partial charge in [0.05, 0.1) is 25.7 Å². The van der Waals surface area contributed by atoms with Gasteiger partial charge >= 0.3 is 0 Å². The zero-order chi connectivity index (χ0) is 22.0. The van der Waals surface area contributed by atoms with Crippen molar-refractivity contribution in [1.82, 2.24) is 0 Å². The Bertz CT molecular complexity index is 1140. The first-order valence-electron chi connectivity index (χ1n) is 10.0. The first kappa shape index (κ1) is 20.5. The smallest absolute Gasteiger partial charge is 0.178 e. The third kappa shape index (κ3) is 3.63. The molecule has 156 valence electrons.